The molecule has 0 saturated carbocycles. The van der Waals surface area contributed by atoms with Crippen LogP contribution in [0.15, 0.2) is 47.4 Å². The number of likely N-dealkylation sites (tertiary alicyclic amines) is 1. The maximum atomic E-state index is 13.1. The van der Waals surface area contributed by atoms with Crippen LogP contribution in [0, 0.1) is 12.7 Å². The Morgan fingerprint density at radius 3 is 2.31 bits per heavy atom. The van der Waals surface area contributed by atoms with Crippen molar-refractivity contribution in [2.75, 3.05) is 31.9 Å². The van der Waals surface area contributed by atoms with Gasteiger partial charge in [0, 0.05) is 30.4 Å². The Balaban J connectivity index is 1.80. The second-order valence-electron chi connectivity index (χ2n) is 7.58. The number of amides is 1. The highest BCUT2D eigenvalue weighted by atomic mass is 32.2. The largest absolute Gasteiger partial charge is 0.339 e. The van der Waals surface area contributed by atoms with Crippen molar-refractivity contribution in [2.24, 2.45) is 0 Å². The normalized spacial score (nSPS) is 15.6. The van der Waals surface area contributed by atoms with Crippen molar-refractivity contribution in [3.05, 3.63) is 59.4 Å². The lowest BCUT2D eigenvalue weighted by atomic mass is 10.0. The van der Waals surface area contributed by atoms with Crippen LogP contribution in [-0.4, -0.2) is 57.4 Å². The van der Waals surface area contributed by atoms with Gasteiger partial charge in [0.25, 0.3) is 15.9 Å². The third kappa shape index (κ3) is 4.94. The molecule has 0 radical (unpaired) electrons. The molecule has 1 fully saturated rings. The summed E-state index contributed by atoms with van der Waals surface area (Å²) in [5.74, 6) is -0.604. The number of carbonyl (C=O) groups excluding carboxylic acids is 1. The van der Waals surface area contributed by atoms with Gasteiger partial charge < -0.3 is 9.80 Å². The standard InChI is InChI=1S/C21H26FN3O3S/c1-15-4-9-19(29(27,28)23-17-7-5-16(22)6-8-17)14-20(15)21(26)25-12-10-18(11-13-25)24(2)3/h4-9,14,18,23H,10-13H2,1-3H3. The average Bonchev–Trinajstić information content (AvgIpc) is 2.69. The molecule has 0 unspecified atom stereocenters. The smallest absolute Gasteiger partial charge is 0.261 e. The summed E-state index contributed by atoms with van der Waals surface area (Å²) in [6, 6.07) is 10.0. The molecule has 0 spiro atoms. The van der Waals surface area contributed by atoms with E-state index in [4.69, 9.17) is 0 Å². The van der Waals surface area contributed by atoms with E-state index in [-0.39, 0.29) is 16.5 Å². The molecule has 0 aliphatic carbocycles. The first-order valence-electron chi connectivity index (χ1n) is 9.52. The minimum Gasteiger partial charge on any atom is -0.339 e. The Morgan fingerprint density at radius 1 is 1.10 bits per heavy atom. The zero-order valence-corrected chi connectivity index (χ0v) is 17.7. The second kappa shape index (κ2) is 8.51. The number of benzene rings is 2. The molecule has 1 heterocycles. The molecule has 1 N–H and O–H groups in total. The van der Waals surface area contributed by atoms with Crippen molar-refractivity contribution in [2.45, 2.75) is 30.7 Å². The van der Waals surface area contributed by atoms with Crippen LogP contribution in [0.4, 0.5) is 10.1 Å². The maximum Gasteiger partial charge on any atom is 0.261 e. The molecular weight excluding hydrogens is 393 g/mol. The number of anilines is 1. The minimum absolute atomic E-state index is 0.000970. The fraction of sp³-hybridized carbons (Fsp3) is 0.381. The van der Waals surface area contributed by atoms with E-state index in [1.54, 1.807) is 17.9 Å². The lowest BCUT2D eigenvalue weighted by Crippen LogP contribution is -2.44. The highest BCUT2D eigenvalue weighted by molar-refractivity contribution is 7.92. The Morgan fingerprint density at radius 2 is 1.72 bits per heavy atom. The predicted molar refractivity (Wildman–Crippen MR) is 111 cm³/mol. The van der Waals surface area contributed by atoms with E-state index in [9.17, 15) is 17.6 Å². The minimum atomic E-state index is -3.90. The van der Waals surface area contributed by atoms with E-state index in [0.29, 0.717) is 24.7 Å². The highest BCUT2D eigenvalue weighted by Crippen LogP contribution is 2.23. The molecule has 3 rings (SSSR count). The van der Waals surface area contributed by atoms with Crippen LogP contribution >= 0.6 is 0 Å². The van der Waals surface area contributed by atoms with Crippen molar-refractivity contribution in [3.8, 4) is 0 Å². The molecule has 0 aromatic heterocycles. The molecule has 0 bridgehead atoms. The third-order valence-electron chi connectivity index (χ3n) is 5.33. The molecule has 1 amide bonds. The third-order valence-corrected chi connectivity index (χ3v) is 6.71. The van der Waals surface area contributed by atoms with Crippen molar-refractivity contribution < 1.29 is 17.6 Å². The van der Waals surface area contributed by atoms with Gasteiger partial charge in [0.15, 0.2) is 0 Å². The van der Waals surface area contributed by atoms with Crippen LogP contribution in [0.2, 0.25) is 0 Å². The molecule has 29 heavy (non-hydrogen) atoms. The number of nitrogens with zero attached hydrogens (tertiary/aromatic N) is 2. The zero-order chi connectivity index (χ0) is 21.2. The summed E-state index contributed by atoms with van der Waals surface area (Å²) in [5, 5.41) is 0. The van der Waals surface area contributed by atoms with Gasteiger partial charge in [0.05, 0.1) is 4.90 Å². The summed E-state index contributed by atoms with van der Waals surface area (Å²) in [7, 11) is 0.173. The van der Waals surface area contributed by atoms with Gasteiger partial charge in [-0.2, -0.15) is 0 Å². The molecule has 1 aliphatic heterocycles. The molecule has 2 aromatic rings. The number of hydrogen-bond acceptors (Lipinski definition) is 4. The van der Waals surface area contributed by atoms with Gasteiger partial charge in [-0.3, -0.25) is 9.52 Å². The monoisotopic (exact) mass is 419 g/mol. The van der Waals surface area contributed by atoms with Gasteiger partial charge in [0.1, 0.15) is 5.82 Å². The highest BCUT2D eigenvalue weighted by Gasteiger charge is 2.26. The number of halogens is 1. The SMILES string of the molecule is Cc1ccc(S(=O)(=O)Nc2ccc(F)cc2)cc1C(=O)N1CCC(N(C)C)CC1. The van der Waals surface area contributed by atoms with Gasteiger partial charge >= 0.3 is 0 Å². The van der Waals surface area contributed by atoms with Crippen molar-refractivity contribution in [3.63, 3.8) is 0 Å². The first-order chi connectivity index (χ1) is 13.7. The fourth-order valence-electron chi connectivity index (χ4n) is 3.49. The summed E-state index contributed by atoms with van der Waals surface area (Å²) < 4.78 is 40.9. The van der Waals surface area contributed by atoms with Crippen LogP contribution in [-0.2, 0) is 10.0 Å². The van der Waals surface area contributed by atoms with Gasteiger partial charge in [-0.15, -0.1) is 0 Å². The van der Waals surface area contributed by atoms with Crippen LogP contribution in [0.3, 0.4) is 0 Å². The topological polar surface area (TPSA) is 69.7 Å². The van der Waals surface area contributed by atoms with E-state index < -0.39 is 15.8 Å². The second-order valence-corrected chi connectivity index (χ2v) is 9.26. The van der Waals surface area contributed by atoms with Gasteiger partial charge in [-0.1, -0.05) is 6.07 Å². The summed E-state index contributed by atoms with van der Waals surface area (Å²) >= 11 is 0. The number of rotatable bonds is 5. The molecule has 156 valence electrons. The Kier molecular flexibility index (Phi) is 6.24. The van der Waals surface area contributed by atoms with E-state index >= 15 is 0 Å². The molecule has 1 saturated heterocycles. The quantitative estimate of drug-likeness (QED) is 0.809. The Labute approximate surface area is 171 Å². The number of aryl methyl sites for hydroxylation is 1. The molecule has 6 nitrogen and oxygen atoms in total. The van der Waals surface area contributed by atoms with Crippen LogP contribution in [0.1, 0.15) is 28.8 Å². The summed E-state index contributed by atoms with van der Waals surface area (Å²) in [5.41, 5.74) is 1.37. The predicted octanol–water partition coefficient (Wildman–Crippen LogP) is 3.10. The average molecular weight is 420 g/mol. The zero-order valence-electron chi connectivity index (χ0n) is 16.9. The Hall–Kier alpha value is -2.45. The summed E-state index contributed by atoms with van der Waals surface area (Å²) in [6.45, 7) is 3.08. The van der Waals surface area contributed by atoms with Crippen molar-refractivity contribution in [1.29, 1.82) is 0 Å². The van der Waals surface area contributed by atoms with Crippen LogP contribution in [0.5, 0.6) is 0 Å². The van der Waals surface area contributed by atoms with E-state index in [1.165, 1.54) is 36.4 Å². The Bertz CT molecular complexity index is 983. The van der Waals surface area contributed by atoms with Crippen molar-refractivity contribution >= 4 is 21.6 Å². The van der Waals surface area contributed by atoms with E-state index in [0.717, 1.165) is 18.4 Å². The molecule has 2 aromatic carbocycles. The fourth-order valence-corrected chi connectivity index (χ4v) is 4.57. The molecule has 1 aliphatic rings. The van der Waals surface area contributed by atoms with Gasteiger partial charge in [-0.25, -0.2) is 12.8 Å². The molecule has 8 heteroatoms. The molecule has 0 atom stereocenters. The summed E-state index contributed by atoms with van der Waals surface area (Å²) in [4.78, 5) is 17.0. The summed E-state index contributed by atoms with van der Waals surface area (Å²) in [6.07, 6.45) is 1.78. The maximum absolute atomic E-state index is 13.1. The lowest BCUT2D eigenvalue weighted by molar-refractivity contribution is 0.0662. The molecular formula is C21H26FN3O3S. The van der Waals surface area contributed by atoms with E-state index in [2.05, 4.69) is 9.62 Å². The van der Waals surface area contributed by atoms with Gasteiger partial charge in [0.2, 0.25) is 0 Å². The number of carbonyl (C=O) groups is 1. The first-order valence-corrected chi connectivity index (χ1v) is 11.0. The number of sulfonamides is 1. The van der Waals surface area contributed by atoms with Gasteiger partial charge in [-0.05, 0) is 75.8 Å². The van der Waals surface area contributed by atoms with Crippen LogP contribution in [0.25, 0.3) is 0 Å². The van der Waals surface area contributed by atoms with Crippen LogP contribution < -0.4 is 4.72 Å². The first kappa shape index (κ1) is 21.3. The lowest BCUT2D eigenvalue weighted by Gasteiger charge is -2.35. The number of piperidine rings is 1. The number of hydrogen-bond donors (Lipinski definition) is 1. The number of nitrogens with one attached hydrogen (secondary N) is 1. The van der Waals surface area contributed by atoms with Crippen molar-refractivity contribution in [1.82, 2.24) is 9.80 Å². The van der Waals surface area contributed by atoms with E-state index in [1.807, 2.05) is 14.1 Å².